The van der Waals surface area contributed by atoms with E-state index in [2.05, 4.69) is 34.2 Å². The molecule has 0 aliphatic heterocycles. The van der Waals surface area contributed by atoms with E-state index in [0.717, 1.165) is 11.4 Å². The Morgan fingerprint density at radius 2 is 1.76 bits per heavy atom. The Morgan fingerprint density at radius 1 is 1.00 bits per heavy atom. The molecule has 0 spiro atoms. The van der Waals surface area contributed by atoms with E-state index in [1.807, 2.05) is 36.4 Å². The van der Waals surface area contributed by atoms with Crippen LogP contribution in [0.5, 0.6) is 0 Å². The van der Waals surface area contributed by atoms with Crippen LogP contribution in [0.15, 0.2) is 78.7 Å². The number of rotatable bonds is 2. The number of hydrogen-bond acceptors (Lipinski definition) is 3. The number of nitriles is 1. The lowest BCUT2D eigenvalue weighted by atomic mass is 9.97. The van der Waals surface area contributed by atoms with Crippen LogP contribution < -0.4 is 0 Å². The van der Waals surface area contributed by atoms with E-state index in [0.29, 0.717) is 5.57 Å². The predicted octanol–water partition coefficient (Wildman–Crippen LogP) is 3.80. The van der Waals surface area contributed by atoms with Gasteiger partial charge in [-0.2, -0.15) is 5.26 Å². The number of allylic oxidation sites excluding steroid dienone is 6. The Labute approximate surface area is 123 Å². The van der Waals surface area contributed by atoms with Crippen LogP contribution >= 0.6 is 0 Å². The number of hydrogen-bond donors (Lipinski definition) is 0. The van der Waals surface area contributed by atoms with Gasteiger partial charge >= 0.3 is 0 Å². The molecule has 3 heteroatoms. The van der Waals surface area contributed by atoms with Crippen molar-refractivity contribution in [1.82, 2.24) is 9.97 Å². The Kier molecular flexibility index (Phi) is 3.70. The molecule has 3 nitrogen and oxygen atoms in total. The molecule has 1 aliphatic carbocycles. The summed E-state index contributed by atoms with van der Waals surface area (Å²) in [5.74, 6) is 0.905. The first-order valence-corrected chi connectivity index (χ1v) is 6.71. The molecule has 2 aromatic rings. The fraction of sp³-hybridized carbons (Fsp3) is 0.0556. The minimum absolute atomic E-state index is 0.179. The Bertz CT molecular complexity index is 747. The lowest BCUT2D eigenvalue weighted by molar-refractivity contribution is 1.08. The van der Waals surface area contributed by atoms with E-state index >= 15 is 0 Å². The highest BCUT2D eigenvalue weighted by molar-refractivity contribution is 5.55. The van der Waals surface area contributed by atoms with E-state index in [-0.39, 0.29) is 5.92 Å². The van der Waals surface area contributed by atoms with Crippen molar-refractivity contribution in [2.24, 2.45) is 0 Å². The number of aromatic nitrogens is 2. The average Bonchev–Trinajstić information content (AvgIpc) is 2.81. The Balaban J connectivity index is 1.84. The second-order valence-electron chi connectivity index (χ2n) is 4.70. The number of nitrogens with zero attached hydrogens (tertiary/aromatic N) is 3. The topological polar surface area (TPSA) is 49.6 Å². The maximum absolute atomic E-state index is 8.92. The van der Waals surface area contributed by atoms with E-state index < -0.39 is 0 Å². The van der Waals surface area contributed by atoms with Gasteiger partial charge in [0.2, 0.25) is 0 Å². The quantitative estimate of drug-likeness (QED) is 0.834. The van der Waals surface area contributed by atoms with Gasteiger partial charge in [0.1, 0.15) is 0 Å². The van der Waals surface area contributed by atoms with Crippen molar-refractivity contribution in [1.29, 1.82) is 5.26 Å². The van der Waals surface area contributed by atoms with Crippen molar-refractivity contribution in [2.75, 3.05) is 0 Å². The summed E-state index contributed by atoms with van der Waals surface area (Å²) in [5, 5.41) is 8.92. The van der Waals surface area contributed by atoms with Crippen LogP contribution in [0.3, 0.4) is 0 Å². The van der Waals surface area contributed by atoms with Gasteiger partial charge in [-0.05, 0) is 23.8 Å². The summed E-state index contributed by atoms with van der Waals surface area (Å²) >= 11 is 0. The standard InChI is InChI=1S/C18H13N3/c19-13-14-3-1-4-15(6-5-14)16-7-9-17(10-8-16)18-20-11-2-12-21-18/h1-12,15H. The van der Waals surface area contributed by atoms with Crippen LogP contribution in [-0.4, -0.2) is 9.97 Å². The van der Waals surface area contributed by atoms with E-state index in [4.69, 9.17) is 5.26 Å². The second-order valence-corrected chi connectivity index (χ2v) is 4.70. The summed E-state index contributed by atoms with van der Waals surface area (Å²) in [4.78, 5) is 8.49. The molecule has 0 saturated heterocycles. The largest absolute Gasteiger partial charge is 0.237 e. The van der Waals surface area contributed by atoms with E-state index in [1.54, 1.807) is 18.5 Å². The Hall–Kier alpha value is -2.99. The van der Waals surface area contributed by atoms with Gasteiger partial charge in [0, 0.05) is 23.9 Å². The summed E-state index contributed by atoms with van der Waals surface area (Å²) in [5.41, 5.74) is 2.84. The monoisotopic (exact) mass is 271 g/mol. The maximum Gasteiger partial charge on any atom is 0.159 e. The highest BCUT2D eigenvalue weighted by atomic mass is 14.8. The predicted molar refractivity (Wildman–Crippen MR) is 82.2 cm³/mol. The van der Waals surface area contributed by atoms with E-state index in [1.165, 1.54) is 5.56 Å². The molecule has 100 valence electrons. The van der Waals surface area contributed by atoms with E-state index in [9.17, 15) is 0 Å². The molecule has 1 unspecified atom stereocenters. The molecular formula is C18H13N3. The van der Waals surface area contributed by atoms with Gasteiger partial charge in [-0.15, -0.1) is 0 Å². The fourth-order valence-electron chi connectivity index (χ4n) is 2.21. The first-order valence-electron chi connectivity index (χ1n) is 6.71. The van der Waals surface area contributed by atoms with Crippen LogP contribution in [0.4, 0.5) is 0 Å². The lowest BCUT2D eigenvalue weighted by Gasteiger charge is -2.08. The van der Waals surface area contributed by atoms with Gasteiger partial charge in [0.25, 0.3) is 0 Å². The molecule has 0 amide bonds. The highest BCUT2D eigenvalue weighted by Gasteiger charge is 2.07. The maximum atomic E-state index is 8.92. The molecule has 0 fully saturated rings. The van der Waals surface area contributed by atoms with Crippen molar-refractivity contribution in [2.45, 2.75) is 5.92 Å². The first-order chi connectivity index (χ1) is 10.4. The number of benzene rings is 1. The Morgan fingerprint density at radius 3 is 2.48 bits per heavy atom. The second kappa shape index (κ2) is 5.98. The van der Waals surface area contributed by atoms with Gasteiger partial charge in [-0.1, -0.05) is 42.5 Å². The van der Waals surface area contributed by atoms with Crippen LogP contribution in [0, 0.1) is 11.3 Å². The van der Waals surface area contributed by atoms with Gasteiger partial charge in [-0.3, -0.25) is 0 Å². The molecule has 1 aromatic heterocycles. The van der Waals surface area contributed by atoms with Crippen LogP contribution in [0.25, 0.3) is 11.4 Å². The lowest BCUT2D eigenvalue weighted by Crippen LogP contribution is -1.92. The summed E-state index contributed by atoms with van der Waals surface area (Å²) in [6.07, 6.45) is 13.2. The normalized spacial score (nSPS) is 16.9. The van der Waals surface area contributed by atoms with Crippen molar-refractivity contribution in [3.8, 4) is 17.5 Å². The third-order valence-electron chi connectivity index (χ3n) is 3.33. The summed E-state index contributed by atoms with van der Waals surface area (Å²) < 4.78 is 0. The molecular weight excluding hydrogens is 258 g/mol. The van der Waals surface area contributed by atoms with Gasteiger partial charge in [0.15, 0.2) is 5.82 Å². The zero-order valence-electron chi connectivity index (χ0n) is 11.3. The fourth-order valence-corrected chi connectivity index (χ4v) is 2.21. The molecule has 21 heavy (non-hydrogen) atoms. The molecule has 1 atom stereocenters. The third kappa shape index (κ3) is 2.96. The SMILES string of the molecule is N#CC1=CC=CC(c2ccc(-c3ncccn3)cc2)C=C1. The van der Waals surface area contributed by atoms with Gasteiger partial charge < -0.3 is 0 Å². The zero-order valence-corrected chi connectivity index (χ0v) is 11.3. The average molecular weight is 271 g/mol. The summed E-state index contributed by atoms with van der Waals surface area (Å²) in [7, 11) is 0. The zero-order chi connectivity index (χ0) is 14.5. The van der Waals surface area contributed by atoms with Crippen LogP contribution in [0.1, 0.15) is 11.5 Å². The third-order valence-corrected chi connectivity index (χ3v) is 3.33. The molecule has 1 aromatic carbocycles. The van der Waals surface area contributed by atoms with Crippen molar-refractivity contribution >= 4 is 0 Å². The molecule has 0 saturated carbocycles. The molecule has 0 radical (unpaired) electrons. The summed E-state index contributed by atoms with van der Waals surface area (Å²) in [6.45, 7) is 0. The van der Waals surface area contributed by atoms with Gasteiger partial charge in [0.05, 0.1) is 11.6 Å². The highest BCUT2D eigenvalue weighted by Crippen LogP contribution is 2.24. The summed E-state index contributed by atoms with van der Waals surface area (Å²) in [6, 6.07) is 12.1. The first kappa shape index (κ1) is 13.0. The van der Waals surface area contributed by atoms with Crippen molar-refractivity contribution in [3.63, 3.8) is 0 Å². The van der Waals surface area contributed by atoms with Crippen LogP contribution in [0.2, 0.25) is 0 Å². The van der Waals surface area contributed by atoms with Crippen molar-refractivity contribution in [3.05, 3.63) is 84.2 Å². The smallest absolute Gasteiger partial charge is 0.159 e. The molecule has 0 N–H and O–H groups in total. The van der Waals surface area contributed by atoms with Crippen LogP contribution in [-0.2, 0) is 0 Å². The minimum Gasteiger partial charge on any atom is -0.237 e. The molecule has 1 aliphatic rings. The minimum atomic E-state index is 0.179. The molecule has 3 rings (SSSR count). The molecule has 0 bridgehead atoms. The van der Waals surface area contributed by atoms with Crippen molar-refractivity contribution < 1.29 is 0 Å². The van der Waals surface area contributed by atoms with Gasteiger partial charge in [-0.25, -0.2) is 9.97 Å². The molecule has 1 heterocycles.